The Hall–Kier alpha value is -0.570. The molecular formula is C13H26N2O. The fraction of sp³-hybridized carbons (Fsp3) is 0.923. The van der Waals surface area contributed by atoms with Crippen molar-refractivity contribution in [2.45, 2.75) is 57.9 Å². The van der Waals surface area contributed by atoms with Gasteiger partial charge >= 0.3 is 0 Å². The summed E-state index contributed by atoms with van der Waals surface area (Å²) < 4.78 is 0. The van der Waals surface area contributed by atoms with Crippen LogP contribution in [0.4, 0.5) is 0 Å². The summed E-state index contributed by atoms with van der Waals surface area (Å²) in [5.41, 5.74) is 0. The van der Waals surface area contributed by atoms with E-state index in [0.29, 0.717) is 0 Å². The van der Waals surface area contributed by atoms with Crippen LogP contribution in [0.25, 0.3) is 0 Å². The van der Waals surface area contributed by atoms with Crippen molar-refractivity contribution in [1.29, 1.82) is 0 Å². The predicted octanol–water partition coefficient (Wildman–Crippen LogP) is 2.17. The molecule has 0 atom stereocenters. The van der Waals surface area contributed by atoms with Gasteiger partial charge in [-0.25, -0.2) is 0 Å². The highest BCUT2D eigenvalue weighted by Crippen LogP contribution is 2.20. The first-order chi connectivity index (χ1) is 7.70. The quantitative estimate of drug-likeness (QED) is 0.797. The number of hydrogen-bond donors (Lipinski definition) is 1. The summed E-state index contributed by atoms with van der Waals surface area (Å²) in [4.78, 5) is 13.2. The van der Waals surface area contributed by atoms with Gasteiger partial charge in [-0.05, 0) is 19.9 Å². The highest BCUT2D eigenvalue weighted by atomic mass is 16.1. The normalized spacial score (nSPS) is 19.2. The number of rotatable bonds is 4. The van der Waals surface area contributed by atoms with Crippen molar-refractivity contribution in [3.8, 4) is 0 Å². The lowest BCUT2D eigenvalue weighted by atomic mass is 9.96. The minimum Gasteiger partial charge on any atom is -0.355 e. The third-order valence-corrected chi connectivity index (χ3v) is 3.54. The van der Waals surface area contributed by atoms with E-state index in [0.717, 1.165) is 19.1 Å². The Kier molecular flexibility index (Phi) is 6.46. The number of hydrogen-bond acceptors (Lipinski definition) is 2. The van der Waals surface area contributed by atoms with Crippen LogP contribution in [0.5, 0.6) is 0 Å². The predicted molar refractivity (Wildman–Crippen MR) is 67.4 cm³/mol. The van der Waals surface area contributed by atoms with Gasteiger partial charge in [0.2, 0.25) is 5.91 Å². The first-order valence-corrected chi connectivity index (χ1v) is 6.65. The van der Waals surface area contributed by atoms with Crippen molar-refractivity contribution in [3.05, 3.63) is 0 Å². The van der Waals surface area contributed by atoms with Crippen LogP contribution in [0.2, 0.25) is 0 Å². The summed E-state index contributed by atoms with van der Waals surface area (Å²) in [5.74, 6) is 0.0751. The van der Waals surface area contributed by atoms with Gasteiger partial charge in [-0.2, -0.15) is 0 Å². The average molecular weight is 226 g/mol. The van der Waals surface area contributed by atoms with E-state index >= 15 is 0 Å². The molecule has 1 aliphatic rings. The van der Waals surface area contributed by atoms with Gasteiger partial charge in [0, 0.05) is 26.1 Å². The molecule has 1 saturated carbocycles. The van der Waals surface area contributed by atoms with Gasteiger partial charge in [-0.15, -0.1) is 0 Å². The van der Waals surface area contributed by atoms with Crippen molar-refractivity contribution in [2.75, 3.05) is 20.1 Å². The van der Waals surface area contributed by atoms with Crippen LogP contribution < -0.4 is 5.32 Å². The molecular weight excluding hydrogens is 200 g/mol. The zero-order chi connectivity index (χ0) is 11.8. The van der Waals surface area contributed by atoms with Crippen LogP contribution in [0, 0.1) is 0 Å². The van der Waals surface area contributed by atoms with E-state index in [4.69, 9.17) is 0 Å². The second-order valence-corrected chi connectivity index (χ2v) is 4.96. The Morgan fingerprint density at radius 1 is 1.19 bits per heavy atom. The molecule has 1 N–H and O–H groups in total. The minimum absolute atomic E-state index is 0.0751. The van der Waals surface area contributed by atoms with E-state index in [1.54, 1.807) is 6.92 Å². The topological polar surface area (TPSA) is 32.3 Å². The maximum atomic E-state index is 10.8. The van der Waals surface area contributed by atoms with Gasteiger partial charge in [0.1, 0.15) is 0 Å². The van der Waals surface area contributed by atoms with Crippen LogP contribution >= 0.6 is 0 Å². The highest BCUT2D eigenvalue weighted by molar-refractivity contribution is 5.72. The maximum Gasteiger partial charge on any atom is 0.216 e. The van der Waals surface area contributed by atoms with Gasteiger partial charge in [0.05, 0.1) is 0 Å². The molecule has 16 heavy (non-hydrogen) atoms. The average Bonchev–Trinajstić information content (AvgIpc) is 2.15. The van der Waals surface area contributed by atoms with Crippen LogP contribution in [0.15, 0.2) is 0 Å². The number of nitrogens with one attached hydrogen (secondary N) is 1. The first kappa shape index (κ1) is 13.5. The van der Waals surface area contributed by atoms with Gasteiger partial charge in [0.25, 0.3) is 0 Å². The summed E-state index contributed by atoms with van der Waals surface area (Å²) in [6.45, 7) is 3.34. The van der Waals surface area contributed by atoms with Gasteiger partial charge in [0.15, 0.2) is 0 Å². The van der Waals surface area contributed by atoms with Gasteiger partial charge in [-0.1, -0.05) is 32.1 Å². The first-order valence-electron chi connectivity index (χ1n) is 6.65. The molecule has 1 fully saturated rings. The highest BCUT2D eigenvalue weighted by Gasteiger charge is 2.15. The summed E-state index contributed by atoms with van der Waals surface area (Å²) in [6, 6.07) is 0.731. The second kappa shape index (κ2) is 7.66. The molecule has 94 valence electrons. The molecule has 3 nitrogen and oxygen atoms in total. The third-order valence-electron chi connectivity index (χ3n) is 3.54. The lowest BCUT2D eigenvalue weighted by Gasteiger charge is -2.29. The standard InChI is InChI=1S/C13H26N2O/c1-12(16)14-10-11-15(2)13-8-6-4-3-5-7-9-13/h13H,3-11H2,1-2H3,(H,14,16). The third kappa shape index (κ3) is 5.50. The Bertz CT molecular complexity index is 198. The summed E-state index contributed by atoms with van der Waals surface area (Å²) in [7, 11) is 2.19. The SMILES string of the molecule is CC(=O)NCCN(C)C1CCCCCCC1. The Balaban J connectivity index is 2.21. The number of nitrogens with zero attached hydrogens (tertiary/aromatic N) is 1. The second-order valence-electron chi connectivity index (χ2n) is 4.96. The summed E-state index contributed by atoms with van der Waals surface area (Å²) in [5, 5.41) is 2.86. The molecule has 0 radical (unpaired) electrons. The molecule has 0 saturated heterocycles. The van der Waals surface area contributed by atoms with E-state index < -0.39 is 0 Å². The molecule has 0 bridgehead atoms. The van der Waals surface area contributed by atoms with Crippen LogP contribution in [-0.2, 0) is 4.79 Å². The molecule has 0 aliphatic heterocycles. The number of carbonyl (C=O) groups is 1. The number of amides is 1. The molecule has 0 aromatic heterocycles. The minimum atomic E-state index is 0.0751. The molecule has 0 aromatic carbocycles. The molecule has 0 heterocycles. The largest absolute Gasteiger partial charge is 0.355 e. The van der Waals surface area contributed by atoms with E-state index in [1.807, 2.05) is 0 Å². The van der Waals surface area contributed by atoms with E-state index in [9.17, 15) is 4.79 Å². The van der Waals surface area contributed by atoms with Crippen LogP contribution in [-0.4, -0.2) is 37.0 Å². The monoisotopic (exact) mass is 226 g/mol. The van der Waals surface area contributed by atoms with Gasteiger partial charge < -0.3 is 10.2 Å². The fourth-order valence-electron chi connectivity index (χ4n) is 2.47. The van der Waals surface area contributed by atoms with E-state index in [2.05, 4.69) is 17.3 Å². The van der Waals surface area contributed by atoms with Crippen LogP contribution in [0.3, 0.4) is 0 Å². The summed E-state index contributed by atoms with van der Waals surface area (Å²) in [6.07, 6.45) is 9.62. The lowest BCUT2D eigenvalue weighted by Crippen LogP contribution is -2.38. The summed E-state index contributed by atoms with van der Waals surface area (Å²) >= 11 is 0. The molecule has 0 unspecified atom stereocenters. The zero-order valence-electron chi connectivity index (χ0n) is 10.8. The van der Waals surface area contributed by atoms with Crippen LogP contribution in [0.1, 0.15) is 51.9 Å². The molecule has 3 heteroatoms. The van der Waals surface area contributed by atoms with Crippen molar-refractivity contribution in [2.24, 2.45) is 0 Å². The van der Waals surface area contributed by atoms with Crippen molar-refractivity contribution < 1.29 is 4.79 Å². The van der Waals surface area contributed by atoms with E-state index in [1.165, 1.54) is 44.9 Å². The Morgan fingerprint density at radius 3 is 2.31 bits per heavy atom. The molecule has 0 aromatic rings. The van der Waals surface area contributed by atoms with Gasteiger partial charge in [-0.3, -0.25) is 4.79 Å². The molecule has 1 rings (SSSR count). The van der Waals surface area contributed by atoms with Crippen molar-refractivity contribution in [3.63, 3.8) is 0 Å². The Labute approximate surface area is 99.6 Å². The zero-order valence-corrected chi connectivity index (χ0v) is 10.8. The fourth-order valence-corrected chi connectivity index (χ4v) is 2.47. The van der Waals surface area contributed by atoms with E-state index in [-0.39, 0.29) is 5.91 Å². The Morgan fingerprint density at radius 2 is 1.75 bits per heavy atom. The van der Waals surface area contributed by atoms with Crippen molar-refractivity contribution in [1.82, 2.24) is 10.2 Å². The molecule has 1 amide bonds. The molecule has 1 aliphatic carbocycles. The number of likely N-dealkylation sites (N-methyl/N-ethyl adjacent to an activating group) is 1. The smallest absolute Gasteiger partial charge is 0.216 e. The van der Waals surface area contributed by atoms with Crippen molar-refractivity contribution >= 4 is 5.91 Å². The lowest BCUT2D eigenvalue weighted by molar-refractivity contribution is -0.119. The molecule has 0 spiro atoms. The number of carbonyl (C=O) groups excluding carboxylic acids is 1. The maximum absolute atomic E-state index is 10.8.